The third-order valence-electron chi connectivity index (χ3n) is 3.59. The molecule has 2 rings (SSSR count). The summed E-state index contributed by atoms with van der Waals surface area (Å²) >= 11 is 3.38. The maximum atomic E-state index is 11.0. The summed E-state index contributed by atoms with van der Waals surface area (Å²) in [6, 6.07) is 14.9. The molecular weight excluding hydrogens is 374 g/mol. The second-order valence-corrected chi connectivity index (χ2v) is 6.33. The highest BCUT2D eigenvalue weighted by Crippen LogP contribution is 2.13. The second-order valence-electron chi connectivity index (χ2n) is 5.42. The summed E-state index contributed by atoms with van der Waals surface area (Å²) in [5, 5.41) is 20.8. The van der Waals surface area contributed by atoms with Crippen molar-refractivity contribution in [2.45, 2.75) is 25.7 Å². The predicted octanol–water partition coefficient (Wildman–Crippen LogP) is 3.34. The zero-order chi connectivity index (χ0) is 17.4. The van der Waals surface area contributed by atoms with E-state index in [2.05, 4.69) is 21.2 Å². The third-order valence-corrected chi connectivity index (χ3v) is 4.12. The number of aliphatic hydroxyl groups is 1. The summed E-state index contributed by atoms with van der Waals surface area (Å²) in [6.07, 6.45) is -0.530. The van der Waals surface area contributed by atoms with Crippen LogP contribution in [0.15, 0.2) is 53.0 Å². The van der Waals surface area contributed by atoms with Crippen LogP contribution in [0.25, 0.3) is 0 Å². The number of ether oxygens (including phenoxy) is 1. The first-order valence-electron chi connectivity index (χ1n) is 7.57. The van der Waals surface area contributed by atoms with Gasteiger partial charge in [-0.15, -0.1) is 0 Å². The van der Waals surface area contributed by atoms with E-state index in [-0.39, 0.29) is 19.3 Å². The normalized spacial score (nSPS) is 11.9. The number of hydrogen-bond acceptors (Lipinski definition) is 3. The Hall–Kier alpha value is -1.89. The van der Waals surface area contributed by atoms with Crippen LogP contribution in [-0.2, 0) is 24.4 Å². The molecule has 1 unspecified atom stereocenters. The Morgan fingerprint density at radius 3 is 2.42 bits per heavy atom. The summed E-state index contributed by atoms with van der Waals surface area (Å²) < 4.78 is 6.65. The first-order valence-corrected chi connectivity index (χ1v) is 8.37. The van der Waals surface area contributed by atoms with Gasteiger partial charge in [0.1, 0.15) is 0 Å². The Labute approximate surface area is 149 Å². The smallest absolute Gasteiger partial charge is 0.404 e. The van der Waals surface area contributed by atoms with Crippen LogP contribution < -0.4 is 5.32 Å². The van der Waals surface area contributed by atoms with Gasteiger partial charge in [-0.3, -0.25) is 0 Å². The Bertz CT molecular complexity index is 660. The van der Waals surface area contributed by atoms with E-state index in [1.807, 2.05) is 48.5 Å². The highest BCUT2D eigenvalue weighted by Gasteiger charge is 2.13. The van der Waals surface area contributed by atoms with E-state index in [1.165, 1.54) is 0 Å². The lowest BCUT2D eigenvalue weighted by Gasteiger charge is -2.18. The Kier molecular flexibility index (Phi) is 7.24. The first-order chi connectivity index (χ1) is 11.6. The van der Waals surface area contributed by atoms with Gasteiger partial charge in [-0.1, -0.05) is 52.3 Å². The Morgan fingerprint density at radius 2 is 1.79 bits per heavy atom. The van der Waals surface area contributed by atoms with Gasteiger partial charge in [-0.05, 0) is 35.2 Å². The molecule has 0 aliphatic rings. The zero-order valence-electron chi connectivity index (χ0n) is 13.1. The maximum absolute atomic E-state index is 11.0. The minimum absolute atomic E-state index is 0.0464. The van der Waals surface area contributed by atoms with Crippen molar-refractivity contribution in [2.75, 3.05) is 6.61 Å². The van der Waals surface area contributed by atoms with Crippen LogP contribution in [0, 0.1) is 0 Å². The largest absolute Gasteiger partial charge is 0.465 e. The molecule has 0 bridgehead atoms. The fraction of sp³-hybridized carbons (Fsp3) is 0.278. The van der Waals surface area contributed by atoms with Crippen molar-refractivity contribution in [3.8, 4) is 0 Å². The van der Waals surface area contributed by atoms with Crippen molar-refractivity contribution < 1.29 is 19.7 Å². The maximum Gasteiger partial charge on any atom is 0.404 e. The lowest BCUT2D eigenvalue weighted by molar-refractivity contribution is 0.0952. The molecule has 6 heteroatoms. The SMILES string of the molecule is O=C(O)NC(COCc1ccccc1CO)Cc1ccc(Br)cc1. The molecule has 0 fully saturated rings. The molecule has 0 saturated carbocycles. The molecule has 0 radical (unpaired) electrons. The van der Waals surface area contributed by atoms with E-state index in [4.69, 9.17) is 9.84 Å². The van der Waals surface area contributed by atoms with Crippen LogP contribution >= 0.6 is 15.9 Å². The highest BCUT2D eigenvalue weighted by molar-refractivity contribution is 9.10. The number of aliphatic hydroxyl groups excluding tert-OH is 1. The average molecular weight is 394 g/mol. The molecule has 3 N–H and O–H groups in total. The Morgan fingerprint density at radius 1 is 1.12 bits per heavy atom. The number of benzene rings is 2. The third kappa shape index (κ3) is 5.96. The van der Waals surface area contributed by atoms with E-state index in [9.17, 15) is 9.90 Å². The average Bonchev–Trinajstić information content (AvgIpc) is 2.57. The van der Waals surface area contributed by atoms with Gasteiger partial charge in [-0.2, -0.15) is 0 Å². The number of amides is 1. The molecule has 2 aromatic carbocycles. The quantitative estimate of drug-likeness (QED) is 0.642. The van der Waals surface area contributed by atoms with Crippen molar-refractivity contribution in [2.24, 2.45) is 0 Å². The van der Waals surface area contributed by atoms with E-state index >= 15 is 0 Å². The van der Waals surface area contributed by atoms with Gasteiger partial charge in [0.2, 0.25) is 0 Å². The van der Waals surface area contributed by atoms with Crippen LogP contribution in [0.3, 0.4) is 0 Å². The molecular formula is C18H20BrNO4. The van der Waals surface area contributed by atoms with E-state index in [0.717, 1.165) is 21.2 Å². The molecule has 128 valence electrons. The van der Waals surface area contributed by atoms with Crippen molar-refractivity contribution in [3.63, 3.8) is 0 Å². The molecule has 0 aliphatic heterocycles. The number of hydrogen-bond donors (Lipinski definition) is 3. The van der Waals surface area contributed by atoms with E-state index in [0.29, 0.717) is 13.0 Å². The molecule has 0 aliphatic carbocycles. The molecule has 0 saturated heterocycles. The molecule has 0 heterocycles. The zero-order valence-corrected chi connectivity index (χ0v) is 14.7. The number of carboxylic acid groups (broad SMARTS) is 1. The highest BCUT2D eigenvalue weighted by atomic mass is 79.9. The Balaban J connectivity index is 1.93. The van der Waals surface area contributed by atoms with Crippen LogP contribution in [0.5, 0.6) is 0 Å². The summed E-state index contributed by atoms with van der Waals surface area (Å²) in [5.74, 6) is 0. The molecule has 1 atom stereocenters. The first kappa shape index (κ1) is 18.4. The molecule has 0 spiro atoms. The summed E-state index contributed by atoms with van der Waals surface area (Å²) in [6.45, 7) is 0.534. The number of nitrogens with one attached hydrogen (secondary N) is 1. The van der Waals surface area contributed by atoms with Crippen molar-refractivity contribution in [1.29, 1.82) is 0 Å². The topological polar surface area (TPSA) is 78.8 Å². The lowest BCUT2D eigenvalue weighted by Crippen LogP contribution is -2.39. The van der Waals surface area contributed by atoms with Crippen molar-refractivity contribution in [3.05, 3.63) is 69.7 Å². The van der Waals surface area contributed by atoms with Crippen LogP contribution in [0.2, 0.25) is 0 Å². The molecule has 5 nitrogen and oxygen atoms in total. The van der Waals surface area contributed by atoms with Crippen LogP contribution in [0.4, 0.5) is 4.79 Å². The van der Waals surface area contributed by atoms with Gasteiger partial charge in [0.15, 0.2) is 0 Å². The number of halogens is 1. The second kappa shape index (κ2) is 9.42. The fourth-order valence-corrected chi connectivity index (χ4v) is 2.66. The van der Waals surface area contributed by atoms with Gasteiger partial charge in [0, 0.05) is 4.47 Å². The fourth-order valence-electron chi connectivity index (χ4n) is 2.39. The molecule has 24 heavy (non-hydrogen) atoms. The van der Waals surface area contributed by atoms with E-state index < -0.39 is 6.09 Å². The number of carbonyl (C=O) groups is 1. The van der Waals surface area contributed by atoms with Gasteiger partial charge in [0.25, 0.3) is 0 Å². The van der Waals surface area contributed by atoms with Gasteiger partial charge >= 0.3 is 6.09 Å². The minimum atomic E-state index is -1.07. The minimum Gasteiger partial charge on any atom is -0.465 e. The molecule has 2 aromatic rings. The van der Waals surface area contributed by atoms with Gasteiger partial charge < -0.3 is 20.3 Å². The molecule has 0 aromatic heterocycles. The van der Waals surface area contributed by atoms with E-state index in [1.54, 1.807) is 0 Å². The van der Waals surface area contributed by atoms with Gasteiger partial charge in [0.05, 0.1) is 25.9 Å². The lowest BCUT2D eigenvalue weighted by atomic mass is 10.1. The molecule has 1 amide bonds. The monoisotopic (exact) mass is 393 g/mol. The van der Waals surface area contributed by atoms with Crippen molar-refractivity contribution >= 4 is 22.0 Å². The van der Waals surface area contributed by atoms with Crippen LogP contribution in [-0.4, -0.2) is 29.0 Å². The summed E-state index contributed by atoms with van der Waals surface area (Å²) in [4.78, 5) is 11.0. The van der Waals surface area contributed by atoms with Crippen molar-refractivity contribution in [1.82, 2.24) is 5.32 Å². The predicted molar refractivity (Wildman–Crippen MR) is 94.8 cm³/mol. The standard InChI is InChI=1S/C18H20BrNO4/c19-16-7-5-13(6-8-16)9-17(20-18(22)23)12-24-11-15-4-2-1-3-14(15)10-21/h1-8,17,20-21H,9-12H2,(H,22,23). The van der Waals surface area contributed by atoms with Crippen LogP contribution in [0.1, 0.15) is 16.7 Å². The summed E-state index contributed by atoms with van der Waals surface area (Å²) in [7, 11) is 0. The van der Waals surface area contributed by atoms with Gasteiger partial charge in [-0.25, -0.2) is 4.79 Å². The summed E-state index contributed by atoms with van der Waals surface area (Å²) in [5.41, 5.74) is 2.74. The number of rotatable bonds is 8.